The van der Waals surface area contributed by atoms with Gasteiger partial charge in [0.2, 0.25) is 5.95 Å². The van der Waals surface area contributed by atoms with Crippen molar-refractivity contribution in [3.05, 3.63) is 71.5 Å². The summed E-state index contributed by atoms with van der Waals surface area (Å²) in [4.78, 5) is 20.8. The molecule has 0 unspecified atom stereocenters. The largest absolute Gasteiger partial charge is 0.493 e. The van der Waals surface area contributed by atoms with E-state index in [0.29, 0.717) is 36.0 Å². The Kier molecular flexibility index (Phi) is 6.63. The predicted octanol–water partition coefficient (Wildman–Crippen LogP) is 3.52. The van der Waals surface area contributed by atoms with Crippen molar-refractivity contribution >= 4 is 17.5 Å². The number of benzene rings is 2. The summed E-state index contributed by atoms with van der Waals surface area (Å²) < 4.78 is 10.5. The van der Waals surface area contributed by atoms with E-state index in [1.165, 1.54) is 12.4 Å². The summed E-state index contributed by atoms with van der Waals surface area (Å²) in [7, 11) is 3.20. The average Bonchev–Trinajstić information content (AvgIpc) is 2.74. The lowest BCUT2D eigenvalue weighted by Gasteiger charge is -2.10. The second kappa shape index (κ2) is 9.54. The van der Waals surface area contributed by atoms with Crippen molar-refractivity contribution < 1.29 is 14.3 Å². The van der Waals surface area contributed by atoms with Crippen molar-refractivity contribution in [1.82, 2.24) is 15.3 Å². The Morgan fingerprint density at radius 3 is 2.45 bits per heavy atom. The number of methoxy groups -OCH3 is 2. The standard InChI is InChI=1S/C22H24N4O3/c1-15-5-4-6-18(11-15)26-22-24-13-17(14-25-22)21(27)23-10-9-16-7-8-19(28-2)20(12-16)29-3/h4-8,11-14H,9-10H2,1-3H3,(H,23,27)(H,24,25,26). The predicted molar refractivity (Wildman–Crippen MR) is 112 cm³/mol. The first-order valence-corrected chi connectivity index (χ1v) is 9.24. The SMILES string of the molecule is COc1ccc(CCNC(=O)c2cnc(Nc3cccc(C)c3)nc2)cc1OC. The molecule has 0 saturated heterocycles. The molecule has 0 atom stereocenters. The molecule has 2 aromatic carbocycles. The highest BCUT2D eigenvalue weighted by molar-refractivity contribution is 5.93. The van der Waals surface area contributed by atoms with Crippen molar-refractivity contribution in [3.8, 4) is 11.5 Å². The minimum atomic E-state index is -0.215. The van der Waals surface area contributed by atoms with Gasteiger partial charge in [-0.1, -0.05) is 18.2 Å². The summed E-state index contributed by atoms with van der Waals surface area (Å²) >= 11 is 0. The smallest absolute Gasteiger partial charge is 0.254 e. The molecule has 2 N–H and O–H groups in total. The van der Waals surface area contributed by atoms with E-state index in [1.54, 1.807) is 14.2 Å². The molecule has 0 spiro atoms. The zero-order valence-corrected chi connectivity index (χ0v) is 16.7. The number of amides is 1. The third kappa shape index (κ3) is 5.44. The van der Waals surface area contributed by atoms with Crippen molar-refractivity contribution in [2.45, 2.75) is 13.3 Å². The molecule has 0 fully saturated rings. The van der Waals surface area contributed by atoms with Gasteiger partial charge in [-0.3, -0.25) is 4.79 Å². The van der Waals surface area contributed by atoms with Crippen LogP contribution in [0.3, 0.4) is 0 Å². The van der Waals surface area contributed by atoms with E-state index >= 15 is 0 Å². The molecule has 3 aromatic rings. The molecular formula is C22H24N4O3. The highest BCUT2D eigenvalue weighted by atomic mass is 16.5. The van der Waals surface area contributed by atoms with Gasteiger partial charge in [0.15, 0.2) is 11.5 Å². The quantitative estimate of drug-likeness (QED) is 0.610. The van der Waals surface area contributed by atoms with Crippen LogP contribution in [0.1, 0.15) is 21.5 Å². The summed E-state index contributed by atoms with van der Waals surface area (Å²) in [5.41, 5.74) is 3.49. The number of carbonyl (C=O) groups excluding carboxylic acids is 1. The maximum Gasteiger partial charge on any atom is 0.254 e. The van der Waals surface area contributed by atoms with Gasteiger partial charge < -0.3 is 20.1 Å². The topological polar surface area (TPSA) is 85.4 Å². The molecule has 1 amide bonds. The minimum Gasteiger partial charge on any atom is -0.493 e. The molecule has 1 aromatic heterocycles. The second-order valence-corrected chi connectivity index (χ2v) is 6.49. The van der Waals surface area contributed by atoms with Crippen LogP contribution in [0.5, 0.6) is 11.5 Å². The molecule has 0 saturated carbocycles. The van der Waals surface area contributed by atoms with Gasteiger partial charge in [-0.2, -0.15) is 0 Å². The lowest BCUT2D eigenvalue weighted by atomic mass is 10.1. The van der Waals surface area contributed by atoms with Gasteiger partial charge in [0.05, 0.1) is 19.8 Å². The second-order valence-electron chi connectivity index (χ2n) is 6.49. The average molecular weight is 392 g/mol. The van der Waals surface area contributed by atoms with Gasteiger partial charge in [-0.25, -0.2) is 9.97 Å². The third-order valence-electron chi connectivity index (χ3n) is 4.34. The van der Waals surface area contributed by atoms with Crippen LogP contribution >= 0.6 is 0 Å². The first-order chi connectivity index (χ1) is 14.1. The number of hydrogen-bond acceptors (Lipinski definition) is 6. The molecule has 0 radical (unpaired) electrons. The van der Waals surface area contributed by atoms with Crippen molar-refractivity contribution in [1.29, 1.82) is 0 Å². The van der Waals surface area contributed by atoms with Gasteiger partial charge in [-0.05, 0) is 48.7 Å². The molecule has 0 aliphatic heterocycles. The van der Waals surface area contributed by atoms with Crippen molar-refractivity contribution in [3.63, 3.8) is 0 Å². The Hall–Kier alpha value is -3.61. The van der Waals surface area contributed by atoms with Gasteiger partial charge in [0.25, 0.3) is 5.91 Å². The Morgan fingerprint density at radius 1 is 1.00 bits per heavy atom. The normalized spacial score (nSPS) is 10.3. The third-order valence-corrected chi connectivity index (χ3v) is 4.34. The summed E-state index contributed by atoms with van der Waals surface area (Å²) in [6.07, 6.45) is 3.69. The Bertz CT molecular complexity index is 974. The van der Waals surface area contributed by atoms with E-state index < -0.39 is 0 Å². The first-order valence-electron chi connectivity index (χ1n) is 9.24. The molecular weight excluding hydrogens is 368 g/mol. The number of nitrogens with one attached hydrogen (secondary N) is 2. The van der Waals surface area contributed by atoms with Crippen LogP contribution in [-0.4, -0.2) is 36.6 Å². The number of aryl methyl sites for hydroxylation is 1. The molecule has 7 heteroatoms. The molecule has 7 nitrogen and oxygen atoms in total. The van der Waals surface area contributed by atoms with Crippen LogP contribution < -0.4 is 20.1 Å². The van der Waals surface area contributed by atoms with Crippen LogP contribution in [-0.2, 0) is 6.42 Å². The molecule has 150 valence electrons. The van der Waals surface area contributed by atoms with Crippen LogP contribution in [0.15, 0.2) is 54.9 Å². The molecule has 1 heterocycles. The molecule has 0 aliphatic carbocycles. The first kappa shape index (κ1) is 20.1. The highest BCUT2D eigenvalue weighted by Gasteiger charge is 2.08. The van der Waals surface area contributed by atoms with E-state index in [-0.39, 0.29) is 5.91 Å². The van der Waals surface area contributed by atoms with Gasteiger partial charge in [0.1, 0.15) is 0 Å². The number of carbonyl (C=O) groups is 1. The summed E-state index contributed by atoms with van der Waals surface area (Å²) in [6.45, 7) is 2.50. The number of ether oxygens (including phenoxy) is 2. The van der Waals surface area contributed by atoms with Gasteiger partial charge in [-0.15, -0.1) is 0 Å². The lowest BCUT2D eigenvalue weighted by molar-refractivity contribution is 0.0953. The van der Waals surface area contributed by atoms with Crippen molar-refractivity contribution in [2.75, 3.05) is 26.1 Å². The fourth-order valence-electron chi connectivity index (χ4n) is 2.82. The summed E-state index contributed by atoms with van der Waals surface area (Å²) in [5.74, 6) is 1.57. The van der Waals surface area contributed by atoms with Crippen LogP contribution in [0.25, 0.3) is 0 Å². The monoisotopic (exact) mass is 392 g/mol. The number of hydrogen-bond donors (Lipinski definition) is 2. The highest BCUT2D eigenvalue weighted by Crippen LogP contribution is 2.27. The Labute approximate surface area is 170 Å². The van der Waals surface area contributed by atoms with E-state index in [1.807, 2.05) is 49.4 Å². The van der Waals surface area contributed by atoms with E-state index in [0.717, 1.165) is 16.8 Å². The number of anilines is 2. The zero-order chi connectivity index (χ0) is 20.6. The maximum atomic E-state index is 12.3. The van der Waals surface area contributed by atoms with Crippen LogP contribution in [0.4, 0.5) is 11.6 Å². The molecule has 0 aliphatic rings. The van der Waals surface area contributed by atoms with Crippen LogP contribution in [0.2, 0.25) is 0 Å². The fraction of sp³-hybridized carbons (Fsp3) is 0.227. The zero-order valence-electron chi connectivity index (χ0n) is 16.7. The molecule has 3 rings (SSSR count). The summed E-state index contributed by atoms with van der Waals surface area (Å²) in [6, 6.07) is 13.6. The lowest BCUT2D eigenvalue weighted by Crippen LogP contribution is -2.26. The van der Waals surface area contributed by atoms with Crippen LogP contribution in [0, 0.1) is 6.92 Å². The number of nitrogens with zero attached hydrogens (tertiary/aromatic N) is 2. The number of rotatable bonds is 8. The minimum absolute atomic E-state index is 0.215. The van der Waals surface area contributed by atoms with Crippen molar-refractivity contribution in [2.24, 2.45) is 0 Å². The number of aromatic nitrogens is 2. The van der Waals surface area contributed by atoms with Gasteiger partial charge >= 0.3 is 0 Å². The van der Waals surface area contributed by atoms with E-state index in [9.17, 15) is 4.79 Å². The molecule has 0 bridgehead atoms. The van der Waals surface area contributed by atoms with E-state index in [4.69, 9.17) is 9.47 Å². The Morgan fingerprint density at radius 2 is 1.76 bits per heavy atom. The van der Waals surface area contributed by atoms with E-state index in [2.05, 4.69) is 20.6 Å². The molecule has 29 heavy (non-hydrogen) atoms. The summed E-state index contributed by atoms with van der Waals surface area (Å²) in [5, 5.41) is 6.00. The Balaban J connectivity index is 1.53. The van der Waals surface area contributed by atoms with Gasteiger partial charge in [0, 0.05) is 24.6 Å². The fourth-order valence-corrected chi connectivity index (χ4v) is 2.82. The maximum absolute atomic E-state index is 12.3.